The lowest BCUT2D eigenvalue weighted by Crippen LogP contribution is -2.20. The van der Waals surface area contributed by atoms with Gasteiger partial charge in [-0.05, 0) is 23.1 Å². The van der Waals surface area contributed by atoms with Gasteiger partial charge in [0, 0.05) is 23.4 Å². The molecular formula is C13H9NOS. The van der Waals surface area contributed by atoms with Gasteiger partial charge in [-0.1, -0.05) is 30.4 Å². The molecule has 0 bridgehead atoms. The molecule has 0 aromatic heterocycles. The van der Waals surface area contributed by atoms with E-state index in [4.69, 9.17) is 12.2 Å². The Kier molecular flexibility index (Phi) is 1.85. The van der Waals surface area contributed by atoms with Crippen LogP contribution in [0.5, 0.6) is 0 Å². The number of anilines is 1. The van der Waals surface area contributed by atoms with Crippen LogP contribution >= 0.6 is 12.2 Å². The van der Waals surface area contributed by atoms with E-state index in [1.165, 1.54) is 0 Å². The van der Waals surface area contributed by atoms with Crippen molar-refractivity contribution in [2.24, 2.45) is 0 Å². The van der Waals surface area contributed by atoms with Gasteiger partial charge in [0.25, 0.3) is 5.91 Å². The fourth-order valence-electron chi connectivity index (χ4n) is 2.26. The van der Waals surface area contributed by atoms with E-state index in [1.807, 2.05) is 30.3 Å². The van der Waals surface area contributed by atoms with Crippen LogP contribution in [0.3, 0.4) is 0 Å². The number of thiocarbonyl (C=S) groups is 1. The van der Waals surface area contributed by atoms with Crippen LogP contribution in [-0.2, 0) is 0 Å². The molecule has 78 valence electrons. The Labute approximate surface area is 98.5 Å². The maximum atomic E-state index is 12.0. The van der Waals surface area contributed by atoms with Crippen molar-refractivity contribution >= 4 is 40.0 Å². The highest BCUT2D eigenvalue weighted by Crippen LogP contribution is 2.37. The summed E-state index contributed by atoms with van der Waals surface area (Å²) in [4.78, 5) is 13.7. The zero-order valence-corrected chi connectivity index (χ0v) is 9.54. The normalized spacial score (nSPS) is 13.6. The Hall–Kier alpha value is -1.74. The van der Waals surface area contributed by atoms with Gasteiger partial charge in [-0.3, -0.25) is 4.79 Å². The molecule has 1 amide bonds. The van der Waals surface area contributed by atoms with Crippen LogP contribution in [-0.4, -0.2) is 18.3 Å². The van der Waals surface area contributed by atoms with E-state index >= 15 is 0 Å². The molecule has 0 N–H and O–H groups in total. The van der Waals surface area contributed by atoms with E-state index in [9.17, 15) is 4.79 Å². The standard InChI is InChI=1S/C13H9NOS/c1-14-11-6-5-8(7-16)9-3-2-4-10(12(9)11)13(14)15/h2-7H,1H3. The van der Waals surface area contributed by atoms with E-state index in [0.717, 1.165) is 27.6 Å². The van der Waals surface area contributed by atoms with Crippen LogP contribution in [0.15, 0.2) is 30.3 Å². The third kappa shape index (κ3) is 1.01. The molecule has 16 heavy (non-hydrogen) atoms. The molecule has 2 aromatic carbocycles. The minimum absolute atomic E-state index is 0.0575. The van der Waals surface area contributed by atoms with Gasteiger partial charge in [-0.15, -0.1) is 0 Å². The van der Waals surface area contributed by atoms with Crippen molar-refractivity contribution in [2.45, 2.75) is 0 Å². The predicted molar refractivity (Wildman–Crippen MR) is 69.4 cm³/mol. The molecular weight excluding hydrogens is 218 g/mol. The summed E-state index contributed by atoms with van der Waals surface area (Å²) in [5, 5.41) is 3.74. The fourth-order valence-corrected chi connectivity index (χ4v) is 2.47. The van der Waals surface area contributed by atoms with E-state index < -0.39 is 0 Å². The predicted octanol–water partition coefficient (Wildman–Crippen LogP) is 2.78. The van der Waals surface area contributed by atoms with Gasteiger partial charge < -0.3 is 4.90 Å². The van der Waals surface area contributed by atoms with Crippen LogP contribution in [0.4, 0.5) is 5.69 Å². The smallest absolute Gasteiger partial charge is 0.258 e. The largest absolute Gasteiger partial charge is 0.311 e. The Balaban J connectivity index is 2.54. The first-order valence-corrected chi connectivity index (χ1v) is 5.50. The first-order chi connectivity index (χ1) is 7.74. The molecule has 0 aliphatic carbocycles. The van der Waals surface area contributed by atoms with Gasteiger partial charge in [-0.25, -0.2) is 0 Å². The molecule has 0 spiro atoms. The highest BCUT2D eigenvalue weighted by Gasteiger charge is 2.26. The molecule has 2 nitrogen and oxygen atoms in total. The highest BCUT2D eigenvalue weighted by atomic mass is 32.1. The zero-order chi connectivity index (χ0) is 11.3. The Morgan fingerprint density at radius 2 is 2.06 bits per heavy atom. The second-order valence-corrected chi connectivity index (χ2v) is 4.12. The van der Waals surface area contributed by atoms with Crippen LogP contribution in [0, 0.1) is 0 Å². The molecule has 0 saturated carbocycles. The monoisotopic (exact) mass is 227 g/mol. The summed E-state index contributed by atoms with van der Waals surface area (Å²) >= 11 is 4.99. The van der Waals surface area contributed by atoms with Crippen molar-refractivity contribution in [1.29, 1.82) is 0 Å². The molecule has 3 heteroatoms. The van der Waals surface area contributed by atoms with Crippen LogP contribution in [0.25, 0.3) is 10.8 Å². The molecule has 1 aliphatic heterocycles. The van der Waals surface area contributed by atoms with Crippen LogP contribution in [0.2, 0.25) is 0 Å². The average molecular weight is 227 g/mol. The number of carbonyl (C=O) groups is 1. The maximum absolute atomic E-state index is 12.0. The maximum Gasteiger partial charge on any atom is 0.258 e. The fraction of sp³-hybridized carbons (Fsp3) is 0.0769. The minimum Gasteiger partial charge on any atom is -0.311 e. The first-order valence-electron chi connectivity index (χ1n) is 5.03. The van der Waals surface area contributed by atoms with Crippen molar-refractivity contribution in [3.63, 3.8) is 0 Å². The molecule has 1 aliphatic rings. The molecule has 0 atom stereocenters. The lowest BCUT2D eigenvalue weighted by molar-refractivity contribution is 0.0999. The van der Waals surface area contributed by atoms with Gasteiger partial charge in [0.15, 0.2) is 0 Å². The summed E-state index contributed by atoms with van der Waals surface area (Å²) < 4.78 is 0. The van der Waals surface area contributed by atoms with Gasteiger partial charge >= 0.3 is 0 Å². The summed E-state index contributed by atoms with van der Waals surface area (Å²) in [5.41, 5.74) is 2.74. The van der Waals surface area contributed by atoms with E-state index in [1.54, 1.807) is 17.3 Å². The van der Waals surface area contributed by atoms with Gasteiger partial charge in [0.1, 0.15) is 0 Å². The average Bonchev–Trinajstić information content (AvgIpc) is 2.57. The van der Waals surface area contributed by atoms with Gasteiger partial charge in [0.05, 0.1) is 5.69 Å². The molecule has 0 fully saturated rings. The summed E-state index contributed by atoms with van der Waals surface area (Å²) in [6.45, 7) is 0. The summed E-state index contributed by atoms with van der Waals surface area (Å²) in [5.74, 6) is 0.0575. The molecule has 1 heterocycles. The Morgan fingerprint density at radius 3 is 2.81 bits per heavy atom. The topological polar surface area (TPSA) is 20.3 Å². The summed E-state index contributed by atoms with van der Waals surface area (Å²) in [6.07, 6.45) is 0. The van der Waals surface area contributed by atoms with Crippen molar-refractivity contribution in [2.75, 3.05) is 11.9 Å². The van der Waals surface area contributed by atoms with E-state index in [2.05, 4.69) is 0 Å². The third-order valence-corrected chi connectivity index (χ3v) is 3.33. The quantitative estimate of drug-likeness (QED) is 0.698. The van der Waals surface area contributed by atoms with Crippen LogP contribution < -0.4 is 4.90 Å². The van der Waals surface area contributed by atoms with Crippen molar-refractivity contribution in [3.05, 3.63) is 41.5 Å². The molecule has 0 unspecified atom stereocenters. The SMILES string of the molecule is CN1C(=O)c2cccc3c(C=S)ccc1c23. The summed E-state index contributed by atoms with van der Waals surface area (Å²) in [7, 11) is 1.80. The number of carbonyl (C=O) groups excluding carboxylic acids is 1. The molecule has 3 rings (SSSR count). The van der Waals surface area contributed by atoms with Crippen molar-refractivity contribution in [1.82, 2.24) is 0 Å². The van der Waals surface area contributed by atoms with E-state index in [0.29, 0.717) is 0 Å². The van der Waals surface area contributed by atoms with Gasteiger partial charge in [-0.2, -0.15) is 0 Å². The number of hydrogen-bond acceptors (Lipinski definition) is 2. The first kappa shape index (κ1) is 9.48. The summed E-state index contributed by atoms with van der Waals surface area (Å²) in [6, 6.07) is 9.69. The van der Waals surface area contributed by atoms with Crippen molar-refractivity contribution < 1.29 is 4.79 Å². The number of amides is 1. The lowest BCUT2D eigenvalue weighted by Gasteiger charge is -2.10. The molecule has 0 saturated heterocycles. The number of benzene rings is 2. The van der Waals surface area contributed by atoms with Crippen molar-refractivity contribution in [3.8, 4) is 0 Å². The third-order valence-electron chi connectivity index (χ3n) is 3.08. The molecule has 0 radical (unpaired) electrons. The highest BCUT2D eigenvalue weighted by molar-refractivity contribution is 7.79. The number of rotatable bonds is 1. The minimum atomic E-state index is 0.0575. The number of nitrogens with zero attached hydrogens (tertiary/aromatic N) is 1. The zero-order valence-electron chi connectivity index (χ0n) is 8.73. The van der Waals surface area contributed by atoms with Crippen LogP contribution in [0.1, 0.15) is 15.9 Å². The lowest BCUT2D eigenvalue weighted by atomic mass is 10.0. The second kappa shape index (κ2) is 3.12. The Bertz CT molecular complexity index is 633. The van der Waals surface area contributed by atoms with Gasteiger partial charge in [0.2, 0.25) is 0 Å². The molecule has 2 aromatic rings. The Morgan fingerprint density at radius 1 is 1.25 bits per heavy atom. The number of hydrogen-bond donors (Lipinski definition) is 0. The van der Waals surface area contributed by atoms with E-state index in [-0.39, 0.29) is 5.91 Å². The second-order valence-electron chi connectivity index (χ2n) is 3.88.